The number of para-hydroxylation sites is 1. The van der Waals surface area contributed by atoms with Gasteiger partial charge in [0.15, 0.2) is 11.3 Å². The molecule has 24 heavy (non-hydrogen) atoms. The van der Waals surface area contributed by atoms with Crippen LogP contribution in [0.3, 0.4) is 0 Å². The number of nitrogens with zero attached hydrogens (tertiary/aromatic N) is 1. The molecule has 0 saturated heterocycles. The van der Waals surface area contributed by atoms with Gasteiger partial charge in [-0.3, -0.25) is 4.79 Å². The third kappa shape index (κ3) is 3.36. The highest BCUT2D eigenvalue weighted by atomic mass is 35.5. The Morgan fingerprint density at radius 2 is 2.21 bits per heavy atom. The Morgan fingerprint density at radius 3 is 2.96 bits per heavy atom. The molecule has 1 aromatic carbocycles. The van der Waals surface area contributed by atoms with Crippen molar-refractivity contribution < 1.29 is 13.9 Å². The average molecular weight is 345 g/mol. The first kappa shape index (κ1) is 16.3. The first-order valence-corrected chi connectivity index (χ1v) is 8.04. The second-order valence-corrected chi connectivity index (χ2v) is 5.71. The number of nitrogens with one attached hydrogen (secondary N) is 1. The van der Waals surface area contributed by atoms with Crippen molar-refractivity contribution in [1.29, 1.82) is 0 Å². The van der Waals surface area contributed by atoms with Gasteiger partial charge in [-0.1, -0.05) is 23.7 Å². The number of hydrogen-bond donors (Lipinski definition) is 1. The molecule has 0 aliphatic rings. The second-order valence-electron chi connectivity index (χ2n) is 5.32. The van der Waals surface area contributed by atoms with Gasteiger partial charge in [-0.25, -0.2) is 4.98 Å². The van der Waals surface area contributed by atoms with Crippen LogP contribution < -0.4 is 10.1 Å². The van der Waals surface area contributed by atoms with Crippen molar-refractivity contribution in [3.63, 3.8) is 0 Å². The predicted octanol–water partition coefficient (Wildman–Crippen LogP) is 4.37. The topological polar surface area (TPSA) is 64.4 Å². The summed E-state index contributed by atoms with van der Waals surface area (Å²) < 4.78 is 11.5. The van der Waals surface area contributed by atoms with Crippen LogP contribution in [-0.2, 0) is 0 Å². The van der Waals surface area contributed by atoms with Crippen molar-refractivity contribution in [3.05, 3.63) is 59.1 Å². The number of carbonyl (C=O) groups is 1. The largest absolute Gasteiger partial charge is 0.490 e. The summed E-state index contributed by atoms with van der Waals surface area (Å²) in [6, 6.07) is 10.5. The van der Waals surface area contributed by atoms with Crippen molar-refractivity contribution in [1.82, 2.24) is 10.3 Å². The van der Waals surface area contributed by atoms with Crippen LogP contribution in [0.4, 0.5) is 0 Å². The smallest absolute Gasteiger partial charge is 0.252 e. The van der Waals surface area contributed by atoms with Crippen LogP contribution in [0.5, 0.6) is 5.75 Å². The number of pyridine rings is 1. The molecular weight excluding hydrogens is 328 g/mol. The normalized spacial score (nSPS) is 12.1. The highest BCUT2D eigenvalue weighted by molar-refractivity contribution is 6.29. The van der Waals surface area contributed by atoms with Gasteiger partial charge in [0.2, 0.25) is 0 Å². The summed E-state index contributed by atoms with van der Waals surface area (Å²) in [6.45, 7) is 4.34. The standard InChI is InChI=1S/C18H17ClN2O3/c1-3-23-14-6-4-5-12-9-15(24-17(12)14)11(2)21-18(22)13-7-8-20-16(19)10-13/h4-11H,3H2,1-2H3,(H,21,22). The van der Waals surface area contributed by atoms with Crippen molar-refractivity contribution in [3.8, 4) is 5.75 Å². The van der Waals surface area contributed by atoms with E-state index in [9.17, 15) is 4.79 Å². The van der Waals surface area contributed by atoms with Crippen LogP contribution in [0, 0.1) is 0 Å². The second kappa shape index (κ2) is 6.93. The van der Waals surface area contributed by atoms with Gasteiger partial charge in [-0.2, -0.15) is 0 Å². The van der Waals surface area contributed by atoms with Crippen LogP contribution in [0.1, 0.15) is 36.0 Å². The molecule has 0 radical (unpaired) electrons. The van der Waals surface area contributed by atoms with Crippen LogP contribution in [0.15, 0.2) is 47.0 Å². The van der Waals surface area contributed by atoms with Gasteiger partial charge in [0.25, 0.3) is 5.91 Å². The number of carbonyl (C=O) groups excluding carboxylic acids is 1. The van der Waals surface area contributed by atoms with E-state index in [1.807, 2.05) is 38.1 Å². The van der Waals surface area contributed by atoms with Crippen molar-refractivity contribution in [2.24, 2.45) is 0 Å². The van der Waals surface area contributed by atoms with E-state index in [-0.39, 0.29) is 17.1 Å². The van der Waals surface area contributed by atoms with Gasteiger partial charge in [0.05, 0.1) is 12.6 Å². The maximum absolute atomic E-state index is 12.3. The number of halogens is 1. The van der Waals surface area contributed by atoms with Crippen LogP contribution in [-0.4, -0.2) is 17.5 Å². The SMILES string of the molecule is CCOc1cccc2cc(C(C)NC(=O)c3ccnc(Cl)c3)oc12. The monoisotopic (exact) mass is 344 g/mol. The van der Waals surface area contributed by atoms with E-state index in [0.29, 0.717) is 29.3 Å². The Morgan fingerprint density at radius 1 is 1.38 bits per heavy atom. The molecule has 6 heteroatoms. The van der Waals surface area contributed by atoms with E-state index in [4.69, 9.17) is 20.8 Å². The molecule has 124 valence electrons. The molecule has 0 spiro atoms. The molecule has 2 heterocycles. The van der Waals surface area contributed by atoms with E-state index in [1.165, 1.54) is 12.3 Å². The summed E-state index contributed by atoms with van der Waals surface area (Å²) in [5.41, 5.74) is 1.13. The van der Waals surface area contributed by atoms with Gasteiger partial charge in [-0.05, 0) is 38.1 Å². The van der Waals surface area contributed by atoms with E-state index in [2.05, 4.69) is 10.3 Å². The minimum Gasteiger partial charge on any atom is -0.490 e. The minimum atomic E-state index is -0.300. The lowest BCUT2D eigenvalue weighted by atomic mass is 10.2. The lowest BCUT2D eigenvalue weighted by molar-refractivity contribution is 0.0935. The third-order valence-electron chi connectivity index (χ3n) is 3.59. The molecule has 1 atom stereocenters. The fourth-order valence-electron chi connectivity index (χ4n) is 2.43. The highest BCUT2D eigenvalue weighted by Crippen LogP contribution is 2.31. The summed E-state index contributed by atoms with van der Waals surface area (Å²) in [5, 5.41) is 4.10. The Kier molecular flexibility index (Phi) is 4.71. The zero-order chi connectivity index (χ0) is 17.1. The van der Waals surface area contributed by atoms with E-state index >= 15 is 0 Å². The molecule has 0 saturated carbocycles. The predicted molar refractivity (Wildman–Crippen MR) is 92.5 cm³/mol. The number of aromatic nitrogens is 1. The molecule has 0 fully saturated rings. The summed E-state index contributed by atoms with van der Waals surface area (Å²) >= 11 is 5.82. The maximum atomic E-state index is 12.3. The molecule has 1 amide bonds. The zero-order valence-electron chi connectivity index (χ0n) is 13.4. The molecule has 5 nitrogen and oxygen atoms in total. The maximum Gasteiger partial charge on any atom is 0.252 e. The minimum absolute atomic E-state index is 0.239. The van der Waals surface area contributed by atoms with Crippen LogP contribution >= 0.6 is 11.6 Å². The van der Waals surface area contributed by atoms with E-state index < -0.39 is 0 Å². The van der Waals surface area contributed by atoms with Crippen LogP contribution in [0.2, 0.25) is 5.15 Å². The first-order valence-electron chi connectivity index (χ1n) is 7.66. The van der Waals surface area contributed by atoms with Crippen LogP contribution in [0.25, 0.3) is 11.0 Å². The van der Waals surface area contributed by atoms with E-state index in [1.54, 1.807) is 6.07 Å². The molecule has 1 N–H and O–H groups in total. The van der Waals surface area contributed by atoms with Gasteiger partial charge >= 0.3 is 0 Å². The Balaban J connectivity index is 1.82. The van der Waals surface area contributed by atoms with Crippen molar-refractivity contribution >= 4 is 28.5 Å². The molecule has 0 aliphatic heterocycles. The lowest BCUT2D eigenvalue weighted by Gasteiger charge is -2.11. The number of rotatable bonds is 5. The van der Waals surface area contributed by atoms with Gasteiger partial charge in [0.1, 0.15) is 10.9 Å². The number of fused-ring (bicyclic) bond motifs is 1. The average Bonchev–Trinajstić information content (AvgIpc) is 3.00. The molecular formula is C18H17ClN2O3. The van der Waals surface area contributed by atoms with Crippen molar-refractivity contribution in [2.75, 3.05) is 6.61 Å². The highest BCUT2D eigenvalue weighted by Gasteiger charge is 2.17. The quantitative estimate of drug-likeness (QED) is 0.698. The van der Waals surface area contributed by atoms with Crippen molar-refractivity contribution in [2.45, 2.75) is 19.9 Å². The molecule has 0 bridgehead atoms. The molecule has 3 rings (SSSR count). The van der Waals surface area contributed by atoms with Gasteiger partial charge in [-0.15, -0.1) is 0 Å². The lowest BCUT2D eigenvalue weighted by Crippen LogP contribution is -2.26. The number of hydrogen-bond acceptors (Lipinski definition) is 4. The van der Waals surface area contributed by atoms with Gasteiger partial charge < -0.3 is 14.5 Å². The number of ether oxygens (including phenoxy) is 1. The Labute approximate surface area is 144 Å². The first-order chi connectivity index (χ1) is 11.6. The molecule has 3 aromatic rings. The van der Waals surface area contributed by atoms with Gasteiger partial charge in [0, 0.05) is 17.1 Å². The molecule has 1 unspecified atom stereocenters. The number of benzene rings is 1. The summed E-state index contributed by atoms with van der Waals surface area (Å²) in [7, 11) is 0. The summed E-state index contributed by atoms with van der Waals surface area (Å²) in [4.78, 5) is 16.2. The molecule has 0 aliphatic carbocycles. The summed E-state index contributed by atoms with van der Waals surface area (Å²) in [5.74, 6) is 1.11. The summed E-state index contributed by atoms with van der Waals surface area (Å²) in [6.07, 6.45) is 1.50. The Bertz CT molecular complexity index is 876. The van der Waals surface area contributed by atoms with E-state index in [0.717, 1.165) is 5.39 Å². The fraction of sp³-hybridized carbons (Fsp3) is 0.222. The number of amides is 1. The Hall–Kier alpha value is -2.53. The number of furan rings is 1. The fourth-order valence-corrected chi connectivity index (χ4v) is 2.61. The third-order valence-corrected chi connectivity index (χ3v) is 3.80. The molecule has 2 aromatic heterocycles. The zero-order valence-corrected chi connectivity index (χ0v) is 14.1.